The van der Waals surface area contributed by atoms with Crippen LogP contribution in [0.3, 0.4) is 0 Å². The fourth-order valence-electron chi connectivity index (χ4n) is 2.44. The van der Waals surface area contributed by atoms with Crippen LogP contribution in [0.15, 0.2) is 18.2 Å². The van der Waals surface area contributed by atoms with Crippen molar-refractivity contribution in [3.63, 3.8) is 0 Å². The minimum Gasteiger partial charge on any atom is -0.444 e. The Bertz CT molecular complexity index is 593. The van der Waals surface area contributed by atoms with Crippen LogP contribution < -0.4 is 4.74 Å². The molecule has 0 aromatic heterocycles. The summed E-state index contributed by atoms with van der Waals surface area (Å²) in [5, 5.41) is 0.559. The summed E-state index contributed by atoms with van der Waals surface area (Å²) in [7, 11) is 0. The van der Waals surface area contributed by atoms with Crippen LogP contribution in [0.5, 0.6) is 5.75 Å². The number of halogens is 1. The second-order valence-corrected chi connectivity index (χ2v) is 7.12. The third-order valence-electron chi connectivity index (χ3n) is 3.63. The van der Waals surface area contributed by atoms with Gasteiger partial charge in [0.05, 0.1) is 0 Å². The monoisotopic (exact) mass is 354 g/mol. The van der Waals surface area contributed by atoms with Gasteiger partial charge in [0.1, 0.15) is 11.4 Å². The van der Waals surface area contributed by atoms with Gasteiger partial charge in [-0.25, -0.2) is 4.79 Å². The molecule has 0 unspecified atom stereocenters. The summed E-state index contributed by atoms with van der Waals surface area (Å²) in [6.45, 7) is 9.40. The van der Waals surface area contributed by atoms with E-state index in [0.717, 1.165) is 18.7 Å². The van der Waals surface area contributed by atoms with Crippen LogP contribution >= 0.6 is 11.6 Å². The molecule has 1 fully saturated rings. The van der Waals surface area contributed by atoms with Crippen molar-refractivity contribution < 1.29 is 19.1 Å². The van der Waals surface area contributed by atoms with Crippen molar-refractivity contribution in [2.24, 2.45) is 0 Å². The zero-order chi connectivity index (χ0) is 17.7. The number of piperazine rings is 1. The molecular formula is C17H23ClN2O4. The molecule has 0 aliphatic carbocycles. The Morgan fingerprint density at radius 1 is 1.25 bits per heavy atom. The van der Waals surface area contributed by atoms with Gasteiger partial charge < -0.3 is 14.4 Å². The summed E-state index contributed by atoms with van der Waals surface area (Å²) in [6.07, 6.45) is -0.268. The molecule has 1 aliphatic heterocycles. The molecule has 132 valence electrons. The van der Waals surface area contributed by atoms with Gasteiger partial charge >= 0.3 is 6.09 Å². The van der Waals surface area contributed by atoms with Gasteiger partial charge in [0, 0.05) is 37.7 Å². The first-order chi connectivity index (χ1) is 11.3. The standard InChI is InChI=1S/C17H23ClN2O4/c1-17(2,3)24-16(22)20-8-6-19(7-9-20)11-13-4-5-14(23-12-21)10-15(13)18/h4-5,10,12H,6-9,11H2,1-3H3. The predicted molar refractivity (Wildman–Crippen MR) is 91.2 cm³/mol. The lowest BCUT2D eigenvalue weighted by atomic mass is 10.2. The summed E-state index contributed by atoms with van der Waals surface area (Å²) in [6, 6.07) is 5.19. The Morgan fingerprint density at radius 2 is 1.92 bits per heavy atom. The average molecular weight is 355 g/mol. The number of nitrogens with zero attached hydrogens (tertiary/aromatic N) is 2. The van der Waals surface area contributed by atoms with Crippen molar-refractivity contribution in [2.45, 2.75) is 32.9 Å². The van der Waals surface area contributed by atoms with Crippen LogP contribution in [-0.2, 0) is 16.1 Å². The summed E-state index contributed by atoms with van der Waals surface area (Å²) in [5.74, 6) is 0.425. The molecule has 6 nitrogen and oxygen atoms in total. The molecule has 1 heterocycles. The van der Waals surface area contributed by atoms with Crippen LogP contribution in [-0.4, -0.2) is 54.1 Å². The van der Waals surface area contributed by atoms with E-state index in [1.807, 2.05) is 26.8 Å². The normalized spacial score (nSPS) is 15.9. The Balaban J connectivity index is 1.87. The first-order valence-electron chi connectivity index (χ1n) is 7.87. The molecule has 7 heteroatoms. The van der Waals surface area contributed by atoms with Crippen LogP contribution in [0.2, 0.25) is 5.02 Å². The van der Waals surface area contributed by atoms with E-state index in [4.69, 9.17) is 21.1 Å². The highest BCUT2D eigenvalue weighted by molar-refractivity contribution is 6.31. The van der Waals surface area contributed by atoms with Gasteiger partial charge in [-0.3, -0.25) is 9.69 Å². The maximum Gasteiger partial charge on any atom is 0.410 e. The van der Waals surface area contributed by atoms with Crippen LogP contribution in [0, 0.1) is 0 Å². The molecule has 1 amide bonds. The van der Waals surface area contributed by atoms with Crippen molar-refractivity contribution >= 4 is 24.2 Å². The number of hydrogen-bond donors (Lipinski definition) is 0. The third kappa shape index (κ3) is 5.39. The zero-order valence-corrected chi connectivity index (χ0v) is 15.0. The van der Waals surface area contributed by atoms with Gasteiger partial charge in [-0.15, -0.1) is 0 Å². The average Bonchev–Trinajstić information content (AvgIpc) is 2.49. The van der Waals surface area contributed by atoms with E-state index >= 15 is 0 Å². The highest BCUT2D eigenvalue weighted by Gasteiger charge is 2.26. The molecule has 24 heavy (non-hydrogen) atoms. The van der Waals surface area contributed by atoms with Gasteiger partial charge in [-0.1, -0.05) is 17.7 Å². The maximum atomic E-state index is 12.1. The van der Waals surface area contributed by atoms with Crippen molar-refractivity contribution in [3.8, 4) is 5.75 Å². The Kier molecular flexibility index (Phi) is 6.07. The molecule has 1 aromatic rings. The molecule has 0 bridgehead atoms. The van der Waals surface area contributed by atoms with Crippen molar-refractivity contribution in [2.75, 3.05) is 26.2 Å². The SMILES string of the molecule is CC(C)(C)OC(=O)N1CCN(Cc2ccc(OC=O)cc2Cl)CC1. The fourth-order valence-corrected chi connectivity index (χ4v) is 2.67. The largest absolute Gasteiger partial charge is 0.444 e. The summed E-state index contributed by atoms with van der Waals surface area (Å²) in [5.41, 5.74) is 0.480. The highest BCUT2D eigenvalue weighted by Crippen LogP contribution is 2.24. The number of hydrogen-bond acceptors (Lipinski definition) is 5. The van der Waals surface area contributed by atoms with Gasteiger partial charge in [0.25, 0.3) is 6.47 Å². The number of ether oxygens (including phenoxy) is 2. The van der Waals surface area contributed by atoms with Gasteiger partial charge in [0.15, 0.2) is 0 Å². The minimum absolute atomic E-state index is 0.268. The number of amides is 1. The Labute approximate surface area is 147 Å². The molecule has 0 atom stereocenters. The lowest BCUT2D eigenvalue weighted by molar-refractivity contribution is -0.120. The molecule has 0 N–H and O–H groups in total. The number of benzene rings is 1. The zero-order valence-electron chi connectivity index (χ0n) is 14.3. The molecule has 1 aliphatic rings. The van der Waals surface area contributed by atoms with Crippen LogP contribution in [0.4, 0.5) is 4.79 Å². The lowest BCUT2D eigenvalue weighted by Crippen LogP contribution is -2.49. The van der Waals surface area contributed by atoms with E-state index in [0.29, 0.717) is 36.9 Å². The Hall–Kier alpha value is -1.79. The molecule has 1 saturated heterocycles. The number of carbonyl (C=O) groups is 2. The second-order valence-electron chi connectivity index (χ2n) is 6.71. The lowest BCUT2D eigenvalue weighted by Gasteiger charge is -2.35. The maximum absolute atomic E-state index is 12.1. The van der Waals surface area contributed by atoms with Gasteiger partial charge in [-0.2, -0.15) is 0 Å². The number of carbonyl (C=O) groups excluding carboxylic acids is 2. The summed E-state index contributed by atoms with van der Waals surface area (Å²) >= 11 is 6.23. The van der Waals surface area contributed by atoms with E-state index in [2.05, 4.69) is 4.90 Å². The molecule has 2 rings (SSSR count). The smallest absolute Gasteiger partial charge is 0.410 e. The van der Waals surface area contributed by atoms with Crippen molar-refractivity contribution in [1.29, 1.82) is 0 Å². The molecule has 0 spiro atoms. The second kappa shape index (κ2) is 7.85. The molecule has 0 radical (unpaired) electrons. The van der Waals surface area contributed by atoms with Gasteiger partial charge in [-0.05, 0) is 38.5 Å². The summed E-state index contributed by atoms with van der Waals surface area (Å²) in [4.78, 5) is 26.3. The van der Waals surface area contributed by atoms with E-state index in [9.17, 15) is 9.59 Å². The van der Waals surface area contributed by atoms with Crippen molar-refractivity contribution in [3.05, 3.63) is 28.8 Å². The summed E-state index contributed by atoms with van der Waals surface area (Å²) < 4.78 is 10.2. The third-order valence-corrected chi connectivity index (χ3v) is 3.98. The molecule has 1 aromatic carbocycles. The van der Waals surface area contributed by atoms with E-state index in [1.54, 1.807) is 17.0 Å². The quantitative estimate of drug-likeness (QED) is 0.778. The van der Waals surface area contributed by atoms with Gasteiger partial charge in [0.2, 0.25) is 0 Å². The highest BCUT2D eigenvalue weighted by atomic mass is 35.5. The molecular weight excluding hydrogens is 332 g/mol. The first kappa shape index (κ1) is 18.5. The van der Waals surface area contributed by atoms with Crippen LogP contribution in [0.25, 0.3) is 0 Å². The molecule has 0 saturated carbocycles. The Morgan fingerprint density at radius 3 is 2.46 bits per heavy atom. The van der Waals surface area contributed by atoms with Crippen molar-refractivity contribution in [1.82, 2.24) is 9.80 Å². The minimum atomic E-state index is -0.479. The number of rotatable bonds is 4. The van der Waals surface area contributed by atoms with E-state index < -0.39 is 5.60 Å². The fraction of sp³-hybridized carbons (Fsp3) is 0.529. The van der Waals surface area contributed by atoms with E-state index in [1.165, 1.54) is 0 Å². The topological polar surface area (TPSA) is 59.1 Å². The first-order valence-corrected chi connectivity index (χ1v) is 8.25. The van der Waals surface area contributed by atoms with E-state index in [-0.39, 0.29) is 6.09 Å². The predicted octanol–water partition coefficient (Wildman–Crippen LogP) is 2.93. The van der Waals surface area contributed by atoms with Crippen LogP contribution in [0.1, 0.15) is 26.3 Å².